The third-order valence-corrected chi connectivity index (χ3v) is 4.71. The molecule has 3 heteroatoms. The number of hydrogen-bond acceptors (Lipinski definition) is 3. The number of nitrogens with zero attached hydrogens (tertiary/aromatic N) is 2. The molecule has 1 atom stereocenters. The summed E-state index contributed by atoms with van der Waals surface area (Å²) in [7, 11) is 2.13. The normalized spacial score (nSPS) is 33.2. The second kappa shape index (κ2) is 3.62. The van der Waals surface area contributed by atoms with E-state index in [1.807, 2.05) is 6.20 Å². The summed E-state index contributed by atoms with van der Waals surface area (Å²) in [6.07, 6.45) is 11.7. The third-order valence-electron chi connectivity index (χ3n) is 4.71. The lowest BCUT2D eigenvalue weighted by Crippen LogP contribution is -2.50. The molecule has 0 amide bonds. The lowest BCUT2D eigenvalue weighted by molar-refractivity contribution is 0.0524. The number of hydrogen-bond donors (Lipinski definition) is 1. The lowest BCUT2D eigenvalue weighted by Gasteiger charge is -2.48. The van der Waals surface area contributed by atoms with Crippen LogP contribution in [0.15, 0.2) is 17.5 Å². The molecule has 2 aliphatic carbocycles. The van der Waals surface area contributed by atoms with Gasteiger partial charge >= 0.3 is 0 Å². The Balaban J connectivity index is 2.15. The van der Waals surface area contributed by atoms with Gasteiger partial charge in [-0.15, -0.1) is 0 Å². The van der Waals surface area contributed by atoms with E-state index in [4.69, 9.17) is 5.53 Å². The summed E-state index contributed by atoms with van der Waals surface area (Å²) in [6.45, 7) is 2.38. The molecule has 15 heavy (non-hydrogen) atoms. The Morgan fingerprint density at radius 3 is 2.47 bits per heavy atom. The van der Waals surface area contributed by atoms with Crippen molar-refractivity contribution in [3.05, 3.63) is 12.4 Å². The molecule has 0 aromatic heterocycles. The maximum absolute atomic E-state index is 6.80. The Bertz CT molecular complexity index is 281. The minimum atomic E-state index is 0.298. The zero-order valence-corrected chi connectivity index (χ0v) is 9.79. The SMILES string of the molecule is CN(/C=C\N=N)C1(C)CCCCC12CC2. The van der Waals surface area contributed by atoms with Crippen molar-refractivity contribution in [1.82, 2.24) is 4.90 Å². The van der Waals surface area contributed by atoms with Crippen molar-refractivity contribution in [3.8, 4) is 0 Å². The molecule has 2 rings (SSSR count). The van der Waals surface area contributed by atoms with Gasteiger partial charge in [0.25, 0.3) is 0 Å². The molecule has 0 aromatic rings. The van der Waals surface area contributed by atoms with E-state index in [2.05, 4.69) is 24.0 Å². The smallest absolute Gasteiger partial charge is 0.0647 e. The molecule has 2 saturated carbocycles. The van der Waals surface area contributed by atoms with Crippen LogP contribution in [-0.2, 0) is 0 Å². The van der Waals surface area contributed by atoms with Crippen LogP contribution in [0, 0.1) is 10.9 Å². The van der Waals surface area contributed by atoms with E-state index in [1.54, 1.807) is 6.20 Å². The number of nitrogens with one attached hydrogen (secondary N) is 1. The van der Waals surface area contributed by atoms with Crippen LogP contribution in [-0.4, -0.2) is 17.5 Å². The average molecular weight is 207 g/mol. The van der Waals surface area contributed by atoms with Crippen LogP contribution in [0.3, 0.4) is 0 Å². The molecule has 0 heterocycles. The van der Waals surface area contributed by atoms with Crippen molar-refractivity contribution < 1.29 is 0 Å². The van der Waals surface area contributed by atoms with Gasteiger partial charge in [0.15, 0.2) is 0 Å². The molecule has 84 valence electrons. The second-order valence-corrected chi connectivity index (χ2v) is 5.30. The van der Waals surface area contributed by atoms with Crippen molar-refractivity contribution in [3.63, 3.8) is 0 Å². The summed E-state index contributed by atoms with van der Waals surface area (Å²) in [5, 5.41) is 3.30. The predicted molar refractivity (Wildman–Crippen MR) is 60.6 cm³/mol. The first-order valence-corrected chi connectivity index (χ1v) is 5.91. The monoisotopic (exact) mass is 207 g/mol. The maximum atomic E-state index is 6.80. The molecular formula is C12H21N3. The van der Waals surface area contributed by atoms with Crippen molar-refractivity contribution in [2.45, 2.75) is 51.0 Å². The summed E-state index contributed by atoms with van der Waals surface area (Å²) in [6, 6.07) is 0. The van der Waals surface area contributed by atoms with E-state index < -0.39 is 0 Å². The Labute approximate surface area is 92.0 Å². The third kappa shape index (κ3) is 1.58. The average Bonchev–Trinajstić information content (AvgIpc) is 3.01. The van der Waals surface area contributed by atoms with Gasteiger partial charge in [0.2, 0.25) is 0 Å². The largest absolute Gasteiger partial charge is 0.373 e. The minimum Gasteiger partial charge on any atom is -0.373 e. The molecule has 0 saturated heterocycles. The van der Waals surface area contributed by atoms with Gasteiger partial charge in [-0.2, -0.15) is 5.11 Å². The molecule has 1 N–H and O–H groups in total. The van der Waals surface area contributed by atoms with E-state index in [-0.39, 0.29) is 0 Å². The van der Waals surface area contributed by atoms with Crippen LogP contribution < -0.4 is 0 Å². The fraction of sp³-hybridized carbons (Fsp3) is 0.833. The predicted octanol–water partition coefficient (Wildman–Crippen LogP) is 3.53. The zero-order chi connectivity index (χ0) is 10.9. The Morgan fingerprint density at radius 2 is 1.87 bits per heavy atom. The lowest BCUT2D eigenvalue weighted by atomic mass is 9.70. The second-order valence-electron chi connectivity index (χ2n) is 5.30. The summed E-state index contributed by atoms with van der Waals surface area (Å²) < 4.78 is 0. The van der Waals surface area contributed by atoms with E-state index in [0.29, 0.717) is 11.0 Å². The van der Waals surface area contributed by atoms with Gasteiger partial charge in [0, 0.05) is 18.8 Å². The molecule has 2 fully saturated rings. The van der Waals surface area contributed by atoms with Gasteiger partial charge in [-0.3, -0.25) is 0 Å². The minimum absolute atomic E-state index is 0.298. The van der Waals surface area contributed by atoms with Gasteiger partial charge in [-0.25, -0.2) is 5.53 Å². The highest BCUT2D eigenvalue weighted by Crippen LogP contribution is 2.63. The molecular weight excluding hydrogens is 186 g/mol. The Hall–Kier alpha value is -0.860. The van der Waals surface area contributed by atoms with Crippen molar-refractivity contribution >= 4 is 0 Å². The molecule has 0 aromatic carbocycles. The quantitative estimate of drug-likeness (QED) is 0.706. The van der Waals surface area contributed by atoms with E-state index in [1.165, 1.54) is 38.5 Å². The topological polar surface area (TPSA) is 39.5 Å². The van der Waals surface area contributed by atoms with Gasteiger partial charge in [-0.05, 0) is 38.0 Å². The van der Waals surface area contributed by atoms with Crippen molar-refractivity contribution in [2.24, 2.45) is 10.5 Å². The van der Waals surface area contributed by atoms with Crippen molar-refractivity contribution in [2.75, 3.05) is 7.05 Å². The molecule has 3 nitrogen and oxygen atoms in total. The highest BCUT2D eigenvalue weighted by molar-refractivity contribution is 5.14. The Morgan fingerprint density at radius 1 is 1.20 bits per heavy atom. The van der Waals surface area contributed by atoms with Gasteiger partial charge < -0.3 is 4.90 Å². The van der Waals surface area contributed by atoms with Crippen LogP contribution in [0.2, 0.25) is 0 Å². The molecule has 0 aliphatic heterocycles. The van der Waals surface area contributed by atoms with Gasteiger partial charge in [0.05, 0.1) is 6.20 Å². The van der Waals surface area contributed by atoms with Crippen LogP contribution in [0.4, 0.5) is 0 Å². The van der Waals surface area contributed by atoms with Crippen LogP contribution in [0.5, 0.6) is 0 Å². The number of rotatable bonds is 3. The first kappa shape index (κ1) is 10.7. The van der Waals surface area contributed by atoms with Gasteiger partial charge in [0.1, 0.15) is 0 Å². The molecule has 1 spiro atoms. The van der Waals surface area contributed by atoms with Crippen molar-refractivity contribution in [1.29, 1.82) is 5.53 Å². The summed E-state index contributed by atoms with van der Waals surface area (Å²) in [5.74, 6) is 0. The molecule has 0 bridgehead atoms. The van der Waals surface area contributed by atoms with E-state index >= 15 is 0 Å². The molecule has 1 unspecified atom stereocenters. The Kier molecular flexibility index (Phi) is 2.57. The van der Waals surface area contributed by atoms with E-state index in [0.717, 1.165) is 0 Å². The molecule has 0 radical (unpaired) electrons. The fourth-order valence-electron chi connectivity index (χ4n) is 3.25. The van der Waals surface area contributed by atoms with Crippen LogP contribution in [0.1, 0.15) is 45.4 Å². The summed E-state index contributed by atoms with van der Waals surface area (Å²) >= 11 is 0. The zero-order valence-electron chi connectivity index (χ0n) is 9.79. The highest BCUT2D eigenvalue weighted by Gasteiger charge is 2.58. The first-order valence-electron chi connectivity index (χ1n) is 5.91. The molecule has 2 aliphatic rings. The highest BCUT2D eigenvalue weighted by atomic mass is 15.2. The van der Waals surface area contributed by atoms with Crippen LogP contribution >= 0.6 is 0 Å². The van der Waals surface area contributed by atoms with Crippen LogP contribution in [0.25, 0.3) is 0 Å². The fourth-order valence-corrected chi connectivity index (χ4v) is 3.25. The summed E-state index contributed by atoms with van der Waals surface area (Å²) in [4.78, 5) is 2.29. The van der Waals surface area contributed by atoms with E-state index in [9.17, 15) is 0 Å². The summed E-state index contributed by atoms with van der Waals surface area (Å²) in [5.41, 5.74) is 7.67. The maximum Gasteiger partial charge on any atom is 0.0647 e. The standard InChI is InChI=1S/C12H21N3/c1-11(15(2)10-9-14-13)5-3-4-6-12(11)7-8-12/h9-10,13H,3-8H2,1-2H3/b10-9-,14-13?. The van der Waals surface area contributed by atoms with Gasteiger partial charge in [-0.1, -0.05) is 12.8 Å². The first-order chi connectivity index (χ1) is 7.15.